The largest absolute Gasteiger partial charge is 0.376 e. The maximum atomic E-state index is 6.28. The van der Waals surface area contributed by atoms with Crippen LogP contribution in [-0.4, -0.2) is 10.4 Å². The van der Waals surface area contributed by atoms with Crippen LogP contribution in [-0.2, 0) is 0 Å². The van der Waals surface area contributed by atoms with Crippen LogP contribution in [0.15, 0.2) is 35.6 Å². The average Bonchev–Trinajstić information content (AvgIpc) is 2.04. The van der Waals surface area contributed by atoms with Crippen LogP contribution in [0, 0.1) is 0 Å². The van der Waals surface area contributed by atoms with Gasteiger partial charge in [-0.3, -0.25) is 0 Å². The first-order valence-corrected chi connectivity index (χ1v) is 5.35. The van der Waals surface area contributed by atoms with Gasteiger partial charge in [0.15, 0.2) is 0 Å². The van der Waals surface area contributed by atoms with Crippen molar-refractivity contribution in [2.45, 2.75) is 37.6 Å². The number of rotatable bonds is 0. The van der Waals surface area contributed by atoms with E-state index in [4.69, 9.17) is 11.6 Å². The van der Waals surface area contributed by atoms with Crippen molar-refractivity contribution in [1.29, 1.82) is 0 Å². The van der Waals surface area contributed by atoms with E-state index < -0.39 is 0 Å². The third-order valence-corrected chi connectivity index (χ3v) is 2.90. The predicted octanol–water partition coefficient (Wildman–Crippen LogP) is 3.14. The number of halogens is 1. The minimum Gasteiger partial charge on any atom is -0.376 e. The highest BCUT2D eigenvalue weighted by Crippen LogP contribution is 2.34. The number of allylic oxidation sites excluding steroid dienone is 4. The summed E-state index contributed by atoms with van der Waals surface area (Å²) in [4.78, 5) is -0.216. The lowest BCUT2D eigenvalue weighted by molar-refractivity contribution is 0.520. The summed E-state index contributed by atoms with van der Waals surface area (Å²) in [5, 5.41) is 3.48. The Hall–Kier alpha value is -0.690. The second-order valence-electron chi connectivity index (χ2n) is 4.91. The van der Waals surface area contributed by atoms with Crippen molar-refractivity contribution in [2.75, 3.05) is 0 Å². The molecule has 0 saturated heterocycles. The fourth-order valence-electron chi connectivity index (χ4n) is 1.86. The van der Waals surface area contributed by atoms with Crippen LogP contribution >= 0.6 is 11.6 Å². The Kier molecular flexibility index (Phi) is 2.04. The second kappa shape index (κ2) is 2.90. The monoisotopic (exact) mass is 209 g/mol. The Bertz CT molecular complexity index is 311. The lowest BCUT2D eigenvalue weighted by Gasteiger charge is -2.34. The summed E-state index contributed by atoms with van der Waals surface area (Å²) < 4.78 is 0. The van der Waals surface area contributed by atoms with E-state index in [1.54, 1.807) is 0 Å². The predicted molar refractivity (Wildman–Crippen MR) is 61.4 cm³/mol. The van der Waals surface area contributed by atoms with Crippen LogP contribution in [0.3, 0.4) is 0 Å². The Labute approximate surface area is 90.5 Å². The molecule has 0 aromatic carbocycles. The summed E-state index contributed by atoms with van der Waals surface area (Å²) in [6.07, 6.45) is 9.45. The number of hydrogen-bond acceptors (Lipinski definition) is 1. The van der Waals surface area contributed by atoms with E-state index in [2.05, 4.69) is 43.5 Å². The molecule has 0 fully saturated rings. The van der Waals surface area contributed by atoms with Gasteiger partial charge in [-0.1, -0.05) is 18.2 Å². The van der Waals surface area contributed by atoms with Crippen molar-refractivity contribution in [3.05, 3.63) is 35.6 Å². The van der Waals surface area contributed by atoms with Crippen molar-refractivity contribution in [2.24, 2.45) is 0 Å². The van der Waals surface area contributed by atoms with E-state index in [-0.39, 0.29) is 10.4 Å². The number of alkyl halides is 1. The Balaban J connectivity index is 2.28. The normalized spacial score (nSPS) is 34.0. The van der Waals surface area contributed by atoms with Crippen molar-refractivity contribution < 1.29 is 0 Å². The van der Waals surface area contributed by atoms with Gasteiger partial charge in [0.1, 0.15) is 0 Å². The number of nitrogens with one attached hydrogen (secondary N) is 1. The third kappa shape index (κ3) is 1.88. The molecule has 76 valence electrons. The molecule has 1 atom stereocenters. The Morgan fingerprint density at radius 1 is 1.21 bits per heavy atom. The molecule has 1 heterocycles. The summed E-state index contributed by atoms with van der Waals surface area (Å²) >= 11 is 6.28. The lowest BCUT2D eigenvalue weighted by atomic mass is 9.88. The van der Waals surface area contributed by atoms with E-state index in [1.807, 2.05) is 6.92 Å². The minimum absolute atomic E-state index is 0.0588. The molecule has 0 bridgehead atoms. The van der Waals surface area contributed by atoms with E-state index in [0.717, 1.165) is 6.42 Å². The maximum Gasteiger partial charge on any atom is 0.0642 e. The molecule has 0 radical (unpaired) electrons. The summed E-state index contributed by atoms with van der Waals surface area (Å²) in [7, 11) is 0. The van der Waals surface area contributed by atoms with Crippen LogP contribution in [0.1, 0.15) is 27.2 Å². The summed E-state index contributed by atoms with van der Waals surface area (Å²) in [5.74, 6) is 0. The van der Waals surface area contributed by atoms with E-state index in [9.17, 15) is 0 Å². The van der Waals surface area contributed by atoms with Crippen LogP contribution in [0.5, 0.6) is 0 Å². The molecule has 2 aliphatic rings. The smallest absolute Gasteiger partial charge is 0.0642 e. The minimum atomic E-state index is -0.216. The van der Waals surface area contributed by atoms with Gasteiger partial charge in [0.2, 0.25) is 0 Å². The molecule has 14 heavy (non-hydrogen) atoms. The Morgan fingerprint density at radius 3 is 2.64 bits per heavy atom. The summed E-state index contributed by atoms with van der Waals surface area (Å²) in [6, 6.07) is 0. The molecule has 0 aromatic rings. The molecule has 2 rings (SSSR count). The van der Waals surface area contributed by atoms with Crippen molar-refractivity contribution in [3.63, 3.8) is 0 Å². The van der Waals surface area contributed by atoms with Gasteiger partial charge < -0.3 is 5.32 Å². The molecular weight excluding hydrogens is 194 g/mol. The molecule has 2 heteroatoms. The van der Waals surface area contributed by atoms with E-state index >= 15 is 0 Å². The van der Waals surface area contributed by atoms with Crippen molar-refractivity contribution in [1.82, 2.24) is 5.32 Å². The average molecular weight is 210 g/mol. The lowest BCUT2D eigenvalue weighted by Crippen LogP contribution is -2.40. The maximum absolute atomic E-state index is 6.28. The molecule has 1 nitrogen and oxygen atoms in total. The van der Waals surface area contributed by atoms with Crippen molar-refractivity contribution >= 4 is 11.6 Å². The molecule has 1 aliphatic heterocycles. The van der Waals surface area contributed by atoms with Crippen LogP contribution in [0.2, 0.25) is 0 Å². The number of hydrogen-bond donors (Lipinski definition) is 1. The zero-order valence-electron chi connectivity index (χ0n) is 8.89. The zero-order chi connectivity index (χ0) is 10.4. The van der Waals surface area contributed by atoms with Gasteiger partial charge >= 0.3 is 0 Å². The highest BCUT2D eigenvalue weighted by atomic mass is 35.5. The Morgan fingerprint density at radius 2 is 1.93 bits per heavy atom. The van der Waals surface area contributed by atoms with Gasteiger partial charge in [-0.2, -0.15) is 0 Å². The number of dihydropyridines is 1. The first-order valence-electron chi connectivity index (χ1n) is 4.97. The fraction of sp³-hybridized carbons (Fsp3) is 0.500. The first kappa shape index (κ1) is 9.85. The SMILES string of the molecule is CC1(Cl)C=CC2=C(C=CC(C)(C)N2)C1. The highest BCUT2D eigenvalue weighted by molar-refractivity contribution is 6.25. The molecule has 0 saturated carbocycles. The van der Waals surface area contributed by atoms with Gasteiger partial charge in [0, 0.05) is 5.70 Å². The second-order valence-corrected chi connectivity index (χ2v) is 5.77. The van der Waals surface area contributed by atoms with Crippen LogP contribution in [0.4, 0.5) is 0 Å². The molecule has 1 unspecified atom stereocenters. The topological polar surface area (TPSA) is 12.0 Å². The molecule has 1 N–H and O–H groups in total. The van der Waals surface area contributed by atoms with Crippen LogP contribution in [0.25, 0.3) is 0 Å². The van der Waals surface area contributed by atoms with Gasteiger partial charge in [-0.05, 0) is 38.8 Å². The summed E-state index contributed by atoms with van der Waals surface area (Å²) in [6.45, 7) is 6.37. The molecule has 0 amide bonds. The van der Waals surface area contributed by atoms with E-state index in [0.29, 0.717) is 0 Å². The standard InChI is InChI=1S/C12H16ClN/c1-11(2)6-4-9-8-12(3,13)7-5-10(9)14-11/h4-7,14H,8H2,1-3H3. The third-order valence-electron chi connectivity index (χ3n) is 2.64. The van der Waals surface area contributed by atoms with Gasteiger partial charge in [0.25, 0.3) is 0 Å². The molecule has 0 aromatic heterocycles. The molecular formula is C12H16ClN. The van der Waals surface area contributed by atoms with Crippen LogP contribution < -0.4 is 5.32 Å². The first-order chi connectivity index (χ1) is 6.38. The molecule has 0 spiro atoms. The summed E-state index contributed by atoms with van der Waals surface area (Å²) in [5.41, 5.74) is 2.59. The quantitative estimate of drug-likeness (QED) is 0.605. The van der Waals surface area contributed by atoms with Crippen molar-refractivity contribution in [3.8, 4) is 0 Å². The molecule has 1 aliphatic carbocycles. The fourth-order valence-corrected chi connectivity index (χ4v) is 2.07. The highest BCUT2D eigenvalue weighted by Gasteiger charge is 2.28. The van der Waals surface area contributed by atoms with Gasteiger partial charge in [-0.25, -0.2) is 0 Å². The van der Waals surface area contributed by atoms with E-state index in [1.165, 1.54) is 11.3 Å². The van der Waals surface area contributed by atoms with Gasteiger partial charge in [-0.15, -0.1) is 11.6 Å². The van der Waals surface area contributed by atoms with Gasteiger partial charge in [0.05, 0.1) is 10.4 Å². The zero-order valence-corrected chi connectivity index (χ0v) is 9.65.